The molecule has 158 valence electrons. The molecule has 1 atom stereocenters. The Morgan fingerprint density at radius 2 is 2.00 bits per heavy atom. The van der Waals surface area contributed by atoms with Gasteiger partial charge in [-0.2, -0.15) is 0 Å². The summed E-state index contributed by atoms with van der Waals surface area (Å²) in [6, 6.07) is 9.08. The highest BCUT2D eigenvalue weighted by molar-refractivity contribution is 6.31. The fourth-order valence-electron chi connectivity index (χ4n) is 3.58. The highest BCUT2D eigenvalue weighted by Gasteiger charge is 2.30. The molecular formula is C23H23ClFNO4. The molecule has 0 aliphatic rings. The van der Waals surface area contributed by atoms with Crippen LogP contribution in [0.4, 0.5) is 4.39 Å². The number of unbranched alkanes of at least 4 members (excludes halogenated alkanes) is 1. The van der Waals surface area contributed by atoms with Crippen molar-refractivity contribution >= 4 is 34.4 Å². The Balaban J connectivity index is 2.18. The number of esters is 1. The second kappa shape index (κ2) is 8.88. The number of rotatable bonds is 6. The number of hydrogen-bond donors (Lipinski definition) is 1. The molecule has 1 N–H and O–H groups in total. The van der Waals surface area contributed by atoms with Gasteiger partial charge in [0.15, 0.2) is 11.6 Å². The van der Waals surface area contributed by atoms with Crippen LogP contribution in [0.3, 0.4) is 0 Å². The van der Waals surface area contributed by atoms with Crippen LogP contribution in [0.15, 0.2) is 36.4 Å². The number of nitrogens with zero attached hydrogens (tertiary/aromatic N) is 1. The molecule has 30 heavy (non-hydrogen) atoms. The molecule has 7 heteroatoms. The van der Waals surface area contributed by atoms with E-state index < -0.39 is 29.4 Å². The number of halogens is 2. The Morgan fingerprint density at radius 3 is 2.67 bits per heavy atom. The number of fused-ring (bicyclic) bond motifs is 1. The lowest BCUT2D eigenvalue weighted by Gasteiger charge is -2.13. The Morgan fingerprint density at radius 1 is 1.27 bits per heavy atom. The van der Waals surface area contributed by atoms with Crippen molar-refractivity contribution in [1.82, 2.24) is 4.57 Å². The number of ether oxygens (including phenoxy) is 1. The molecular weight excluding hydrogens is 409 g/mol. The average molecular weight is 432 g/mol. The van der Waals surface area contributed by atoms with Crippen molar-refractivity contribution in [3.63, 3.8) is 0 Å². The summed E-state index contributed by atoms with van der Waals surface area (Å²) < 4.78 is 21.6. The standard InChI is InChI=1S/C23H23ClFNO4/c1-4-5-11-30-23(29)13(2)19-14(3)26(17-9-10-18(27)21(25)20(17)19)22(28)15-7-6-8-16(24)12-15/h6-10,12-13,27H,4-5,11H2,1-3H3/t13-/m0/s1. The van der Waals surface area contributed by atoms with Crippen molar-refractivity contribution < 1.29 is 23.8 Å². The monoisotopic (exact) mass is 431 g/mol. The molecule has 1 aromatic heterocycles. The summed E-state index contributed by atoms with van der Waals surface area (Å²) in [6.45, 7) is 5.50. The zero-order chi connectivity index (χ0) is 22.0. The van der Waals surface area contributed by atoms with Gasteiger partial charge in [-0.1, -0.05) is 31.0 Å². The molecule has 3 aromatic rings. The zero-order valence-electron chi connectivity index (χ0n) is 17.0. The van der Waals surface area contributed by atoms with Crippen LogP contribution in [-0.2, 0) is 9.53 Å². The predicted molar refractivity (Wildman–Crippen MR) is 114 cm³/mol. The van der Waals surface area contributed by atoms with Gasteiger partial charge in [-0.3, -0.25) is 14.2 Å². The summed E-state index contributed by atoms with van der Waals surface area (Å²) in [5, 5.41) is 10.4. The summed E-state index contributed by atoms with van der Waals surface area (Å²) in [7, 11) is 0. The van der Waals surface area contributed by atoms with E-state index in [4.69, 9.17) is 16.3 Å². The summed E-state index contributed by atoms with van der Waals surface area (Å²) in [5.74, 6) is -3.18. The van der Waals surface area contributed by atoms with Gasteiger partial charge in [0.05, 0.1) is 18.0 Å². The van der Waals surface area contributed by atoms with E-state index in [2.05, 4.69) is 0 Å². The summed E-state index contributed by atoms with van der Waals surface area (Å²) in [4.78, 5) is 25.8. The third kappa shape index (κ3) is 3.92. The largest absolute Gasteiger partial charge is 0.505 e. The van der Waals surface area contributed by atoms with Crippen molar-refractivity contribution in [3.05, 3.63) is 64.1 Å². The Hall–Kier alpha value is -2.86. The molecule has 3 rings (SSSR count). The van der Waals surface area contributed by atoms with Gasteiger partial charge in [-0.15, -0.1) is 0 Å². The van der Waals surface area contributed by atoms with E-state index in [1.807, 2.05) is 6.92 Å². The predicted octanol–water partition coefficient (Wildman–Crippen LogP) is 5.58. The Kier molecular flexibility index (Phi) is 6.46. The minimum atomic E-state index is -0.878. The molecule has 0 unspecified atom stereocenters. The van der Waals surface area contributed by atoms with Crippen LogP contribution in [0, 0.1) is 12.7 Å². The highest BCUT2D eigenvalue weighted by atomic mass is 35.5. The maximum Gasteiger partial charge on any atom is 0.313 e. The number of benzene rings is 2. The minimum absolute atomic E-state index is 0.0304. The maximum absolute atomic E-state index is 15.0. The second-order valence-electron chi connectivity index (χ2n) is 7.19. The van der Waals surface area contributed by atoms with E-state index in [0.717, 1.165) is 12.8 Å². The van der Waals surface area contributed by atoms with Crippen LogP contribution in [0.5, 0.6) is 5.75 Å². The minimum Gasteiger partial charge on any atom is -0.505 e. The van der Waals surface area contributed by atoms with Crippen molar-refractivity contribution in [3.8, 4) is 5.75 Å². The van der Waals surface area contributed by atoms with Gasteiger partial charge in [0.25, 0.3) is 5.91 Å². The maximum atomic E-state index is 15.0. The first-order valence-corrected chi connectivity index (χ1v) is 10.1. The van der Waals surface area contributed by atoms with Crippen LogP contribution >= 0.6 is 11.6 Å². The molecule has 0 aliphatic carbocycles. The Labute approximate surface area is 179 Å². The first kappa shape index (κ1) is 21.8. The molecule has 0 bridgehead atoms. The Bertz CT molecular complexity index is 1120. The third-order valence-corrected chi connectivity index (χ3v) is 5.37. The van der Waals surface area contributed by atoms with Gasteiger partial charge in [0, 0.05) is 21.7 Å². The number of aromatic nitrogens is 1. The van der Waals surface area contributed by atoms with E-state index >= 15 is 0 Å². The van der Waals surface area contributed by atoms with E-state index in [0.29, 0.717) is 21.8 Å². The van der Waals surface area contributed by atoms with Gasteiger partial charge >= 0.3 is 5.97 Å². The van der Waals surface area contributed by atoms with Crippen LogP contribution in [-0.4, -0.2) is 28.2 Å². The lowest BCUT2D eigenvalue weighted by atomic mass is 9.97. The van der Waals surface area contributed by atoms with E-state index in [9.17, 15) is 19.1 Å². The number of carbonyl (C=O) groups excluding carboxylic acids is 2. The van der Waals surface area contributed by atoms with E-state index in [-0.39, 0.29) is 17.5 Å². The van der Waals surface area contributed by atoms with Gasteiger partial charge in [0.2, 0.25) is 0 Å². The van der Waals surface area contributed by atoms with Crippen LogP contribution < -0.4 is 0 Å². The molecule has 0 amide bonds. The summed E-state index contributed by atoms with van der Waals surface area (Å²) >= 11 is 6.02. The average Bonchev–Trinajstić information content (AvgIpc) is 3.02. The van der Waals surface area contributed by atoms with Crippen LogP contribution in [0.1, 0.15) is 54.2 Å². The third-order valence-electron chi connectivity index (χ3n) is 5.14. The van der Waals surface area contributed by atoms with Crippen LogP contribution in [0.25, 0.3) is 10.9 Å². The molecule has 0 radical (unpaired) electrons. The molecule has 0 fully saturated rings. The first-order valence-electron chi connectivity index (χ1n) is 9.77. The fourth-order valence-corrected chi connectivity index (χ4v) is 3.77. The van der Waals surface area contributed by atoms with Crippen molar-refractivity contribution in [1.29, 1.82) is 0 Å². The fraction of sp³-hybridized carbons (Fsp3) is 0.304. The normalized spacial score (nSPS) is 12.2. The summed E-state index contributed by atoms with van der Waals surface area (Å²) in [6.07, 6.45) is 1.60. The summed E-state index contributed by atoms with van der Waals surface area (Å²) in [5.41, 5.74) is 1.30. The number of hydrogen-bond acceptors (Lipinski definition) is 4. The van der Waals surface area contributed by atoms with Crippen molar-refractivity contribution in [2.75, 3.05) is 6.61 Å². The number of phenolic OH excluding ortho intramolecular Hbond substituents is 1. The lowest BCUT2D eigenvalue weighted by Crippen LogP contribution is -2.17. The van der Waals surface area contributed by atoms with Gasteiger partial charge in [0.1, 0.15) is 0 Å². The van der Waals surface area contributed by atoms with Gasteiger partial charge in [-0.05, 0) is 56.2 Å². The zero-order valence-corrected chi connectivity index (χ0v) is 17.8. The van der Waals surface area contributed by atoms with Crippen LogP contribution in [0.2, 0.25) is 5.02 Å². The SMILES string of the molecule is CCCCOC(=O)[C@@H](C)c1c(C)n(C(=O)c2cccc(Cl)c2)c2ccc(O)c(F)c12. The topological polar surface area (TPSA) is 68.5 Å². The number of phenols is 1. The lowest BCUT2D eigenvalue weighted by molar-refractivity contribution is -0.145. The first-order chi connectivity index (χ1) is 14.3. The van der Waals surface area contributed by atoms with Crippen molar-refractivity contribution in [2.24, 2.45) is 0 Å². The molecule has 0 saturated carbocycles. The van der Waals surface area contributed by atoms with Crippen molar-refractivity contribution in [2.45, 2.75) is 39.5 Å². The van der Waals surface area contributed by atoms with Gasteiger partial charge < -0.3 is 9.84 Å². The molecule has 5 nitrogen and oxygen atoms in total. The van der Waals surface area contributed by atoms with Gasteiger partial charge in [-0.25, -0.2) is 4.39 Å². The quantitative estimate of drug-likeness (QED) is 0.408. The number of carbonyl (C=O) groups is 2. The second-order valence-corrected chi connectivity index (χ2v) is 7.62. The molecule has 2 aromatic carbocycles. The number of aromatic hydroxyl groups is 1. The molecule has 1 heterocycles. The highest BCUT2D eigenvalue weighted by Crippen LogP contribution is 2.37. The smallest absolute Gasteiger partial charge is 0.313 e. The molecule has 0 spiro atoms. The van der Waals surface area contributed by atoms with E-state index in [1.54, 1.807) is 32.0 Å². The van der Waals surface area contributed by atoms with E-state index in [1.165, 1.54) is 22.8 Å². The molecule has 0 aliphatic heterocycles. The molecule has 0 saturated heterocycles.